The fraction of sp³-hybridized carbons (Fsp3) is 0.238. The van der Waals surface area contributed by atoms with E-state index in [1.54, 1.807) is 31.3 Å². The number of nitrogens with zero attached hydrogens (tertiary/aromatic N) is 1. The molecular formula is C21H18F3N3O3. The molecule has 1 aromatic heterocycles. The average Bonchev–Trinajstić information content (AvgIpc) is 3.15. The number of aromatic amines is 1. The lowest BCUT2D eigenvalue weighted by molar-refractivity contribution is -0.137. The van der Waals surface area contributed by atoms with Crippen molar-refractivity contribution >= 4 is 11.7 Å². The molecule has 0 saturated carbocycles. The lowest BCUT2D eigenvalue weighted by atomic mass is 9.87. The first kappa shape index (κ1) is 19.8. The number of carbonyl (C=O) groups is 1. The van der Waals surface area contributed by atoms with Gasteiger partial charge in [-0.05, 0) is 48.4 Å². The minimum Gasteiger partial charge on any atom is -0.493 e. The topological polar surface area (TPSA) is 76.2 Å². The number of hydrogen-bond acceptors (Lipinski definition) is 4. The highest BCUT2D eigenvalue weighted by molar-refractivity contribution is 5.94. The maximum absolute atomic E-state index is 13.1. The molecule has 1 atom stereocenters. The van der Waals surface area contributed by atoms with E-state index in [1.165, 1.54) is 13.2 Å². The molecule has 2 N–H and O–H groups in total. The number of nitrogens with one attached hydrogen (secondary N) is 2. The molecule has 6 nitrogen and oxygen atoms in total. The summed E-state index contributed by atoms with van der Waals surface area (Å²) < 4.78 is 50.4. The van der Waals surface area contributed by atoms with Crippen molar-refractivity contribution in [3.05, 3.63) is 64.8 Å². The second-order valence-corrected chi connectivity index (χ2v) is 7.04. The molecule has 0 spiro atoms. The van der Waals surface area contributed by atoms with Crippen LogP contribution in [0.5, 0.6) is 17.2 Å². The minimum absolute atomic E-state index is 0.0579. The molecule has 9 heteroatoms. The number of methoxy groups -OCH3 is 1. The van der Waals surface area contributed by atoms with E-state index in [0.29, 0.717) is 17.1 Å². The molecule has 1 amide bonds. The normalized spacial score (nSPS) is 16.0. The van der Waals surface area contributed by atoms with Crippen molar-refractivity contribution in [2.24, 2.45) is 0 Å². The predicted molar refractivity (Wildman–Crippen MR) is 103 cm³/mol. The van der Waals surface area contributed by atoms with Gasteiger partial charge in [-0.25, -0.2) is 0 Å². The summed E-state index contributed by atoms with van der Waals surface area (Å²) in [6.07, 6.45) is -2.51. The average molecular weight is 417 g/mol. The molecule has 0 fully saturated rings. The van der Waals surface area contributed by atoms with Crippen LogP contribution in [0.25, 0.3) is 0 Å². The number of alkyl halides is 3. The summed E-state index contributed by atoms with van der Waals surface area (Å²) in [6.45, 7) is 1.57. The van der Waals surface area contributed by atoms with Crippen LogP contribution in [0, 0.1) is 6.92 Å². The zero-order chi connectivity index (χ0) is 21.5. The molecule has 2 aromatic carbocycles. The molecule has 1 aliphatic rings. The molecule has 1 unspecified atom stereocenters. The number of amides is 1. The van der Waals surface area contributed by atoms with Gasteiger partial charge in [-0.2, -0.15) is 18.3 Å². The Morgan fingerprint density at radius 2 is 1.93 bits per heavy atom. The Morgan fingerprint density at radius 1 is 1.13 bits per heavy atom. The van der Waals surface area contributed by atoms with Crippen LogP contribution in [-0.4, -0.2) is 23.2 Å². The summed E-state index contributed by atoms with van der Waals surface area (Å²) in [4.78, 5) is 12.0. The van der Waals surface area contributed by atoms with Gasteiger partial charge < -0.3 is 14.8 Å². The summed E-state index contributed by atoms with van der Waals surface area (Å²) in [5.74, 6) is 0.772. The van der Waals surface area contributed by atoms with Gasteiger partial charge in [0.15, 0.2) is 17.3 Å². The smallest absolute Gasteiger partial charge is 0.416 e. The zero-order valence-corrected chi connectivity index (χ0v) is 16.1. The number of aromatic nitrogens is 2. The monoisotopic (exact) mass is 417 g/mol. The van der Waals surface area contributed by atoms with Gasteiger partial charge in [0, 0.05) is 24.1 Å². The number of hydrogen-bond donors (Lipinski definition) is 2. The van der Waals surface area contributed by atoms with Gasteiger partial charge in [0.25, 0.3) is 0 Å². The van der Waals surface area contributed by atoms with E-state index in [9.17, 15) is 18.0 Å². The number of aryl methyl sites for hydroxylation is 1. The van der Waals surface area contributed by atoms with Crippen LogP contribution in [0.3, 0.4) is 0 Å². The van der Waals surface area contributed by atoms with Crippen LogP contribution in [-0.2, 0) is 11.0 Å². The lowest BCUT2D eigenvalue weighted by Gasteiger charge is -2.23. The molecule has 30 heavy (non-hydrogen) atoms. The van der Waals surface area contributed by atoms with Gasteiger partial charge in [-0.3, -0.25) is 9.89 Å². The van der Waals surface area contributed by atoms with Gasteiger partial charge in [0.2, 0.25) is 5.91 Å². The van der Waals surface area contributed by atoms with Gasteiger partial charge in [-0.1, -0.05) is 6.07 Å². The van der Waals surface area contributed by atoms with Crippen molar-refractivity contribution in [2.75, 3.05) is 12.4 Å². The Hall–Kier alpha value is -3.49. The summed E-state index contributed by atoms with van der Waals surface area (Å²) in [5.41, 5.74) is 1.29. The Bertz CT molecular complexity index is 1110. The van der Waals surface area contributed by atoms with Crippen molar-refractivity contribution in [1.29, 1.82) is 0 Å². The molecule has 0 saturated heterocycles. The van der Waals surface area contributed by atoms with Crippen LogP contribution in [0.1, 0.15) is 34.6 Å². The van der Waals surface area contributed by atoms with Crippen molar-refractivity contribution in [1.82, 2.24) is 10.2 Å². The van der Waals surface area contributed by atoms with Crippen LogP contribution in [0.4, 0.5) is 19.0 Å². The van der Waals surface area contributed by atoms with E-state index in [1.807, 2.05) is 0 Å². The highest BCUT2D eigenvalue weighted by atomic mass is 19.4. The third-order valence-electron chi connectivity index (χ3n) is 4.89. The standard InChI is InChI=1S/C21H18F3N3O3/c1-11-5-13(21(22,23)24)8-14(6-11)30-17-4-3-12(7-18(17)29-2)15-9-19(28)26-20-16(15)10-25-27-20/h3-8,10,15H,9H2,1-2H3,(H2,25,26,27,28). The molecule has 0 radical (unpaired) electrons. The van der Waals surface area contributed by atoms with Crippen LogP contribution >= 0.6 is 0 Å². The molecular weight excluding hydrogens is 399 g/mol. The predicted octanol–water partition coefficient (Wildman–Crippen LogP) is 5.01. The van der Waals surface area contributed by atoms with E-state index in [2.05, 4.69) is 15.5 Å². The zero-order valence-electron chi connectivity index (χ0n) is 16.1. The Labute approximate surface area is 170 Å². The molecule has 156 valence electrons. The molecule has 2 heterocycles. The quantitative estimate of drug-likeness (QED) is 0.626. The minimum atomic E-state index is -4.47. The number of ether oxygens (including phenoxy) is 2. The highest BCUT2D eigenvalue weighted by Gasteiger charge is 2.32. The van der Waals surface area contributed by atoms with Crippen molar-refractivity contribution < 1.29 is 27.4 Å². The molecule has 1 aliphatic heterocycles. The van der Waals surface area contributed by atoms with E-state index < -0.39 is 11.7 Å². The maximum atomic E-state index is 13.1. The number of anilines is 1. The number of benzene rings is 2. The SMILES string of the molecule is COc1cc(C2CC(=O)Nc3n[nH]cc32)ccc1Oc1cc(C)cc(C(F)(F)F)c1. The second-order valence-electron chi connectivity index (χ2n) is 7.04. The molecule has 4 rings (SSSR count). The maximum Gasteiger partial charge on any atom is 0.416 e. The van der Waals surface area contributed by atoms with Crippen LogP contribution in [0.2, 0.25) is 0 Å². The van der Waals surface area contributed by atoms with Crippen LogP contribution < -0.4 is 14.8 Å². The lowest BCUT2D eigenvalue weighted by Crippen LogP contribution is -2.22. The summed E-state index contributed by atoms with van der Waals surface area (Å²) in [6, 6.07) is 8.63. The first-order valence-corrected chi connectivity index (χ1v) is 9.13. The number of carbonyl (C=O) groups excluding carboxylic acids is 1. The van der Waals surface area contributed by atoms with Gasteiger partial charge in [0.1, 0.15) is 5.75 Å². The van der Waals surface area contributed by atoms with Crippen molar-refractivity contribution in [2.45, 2.75) is 25.4 Å². The second kappa shape index (κ2) is 7.40. The number of halogens is 3. The fourth-order valence-corrected chi connectivity index (χ4v) is 3.52. The molecule has 0 aliphatic carbocycles. The van der Waals surface area contributed by atoms with E-state index in [0.717, 1.165) is 23.3 Å². The van der Waals surface area contributed by atoms with Crippen molar-refractivity contribution in [3.63, 3.8) is 0 Å². The molecule has 3 aromatic rings. The first-order valence-electron chi connectivity index (χ1n) is 9.13. The largest absolute Gasteiger partial charge is 0.493 e. The Kier molecular flexibility index (Phi) is 4.89. The number of H-pyrrole nitrogens is 1. The van der Waals surface area contributed by atoms with Crippen molar-refractivity contribution in [3.8, 4) is 17.2 Å². The van der Waals surface area contributed by atoms with E-state index in [-0.39, 0.29) is 29.7 Å². The highest BCUT2D eigenvalue weighted by Crippen LogP contribution is 2.41. The number of rotatable bonds is 4. The number of fused-ring (bicyclic) bond motifs is 1. The third kappa shape index (κ3) is 3.83. The fourth-order valence-electron chi connectivity index (χ4n) is 3.52. The van der Waals surface area contributed by atoms with Gasteiger partial charge >= 0.3 is 6.18 Å². The first-order chi connectivity index (χ1) is 14.2. The summed E-state index contributed by atoms with van der Waals surface area (Å²) in [5, 5.41) is 9.48. The Morgan fingerprint density at radius 3 is 2.67 bits per heavy atom. The van der Waals surface area contributed by atoms with Gasteiger partial charge in [0.05, 0.1) is 12.7 Å². The summed E-state index contributed by atoms with van der Waals surface area (Å²) in [7, 11) is 1.44. The molecule has 0 bridgehead atoms. The van der Waals surface area contributed by atoms with E-state index >= 15 is 0 Å². The van der Waals surface area contributed by atoms with Crippen LogP contribution in [0.15, 0.2) is 42.6 Å². The van der Waals surface area contributed by atoms with Gasteiger partial charge in [-0.15, -0.1) is 0 Å². The van der Waals surface area contributed by atoms with E-state index in [4.69, 9.17) is 9.47 Å². The Balaban J connectivity index is 1.66. The summed E-state index contributed by atoms with van der Waals surface area (Å²) >= 11 is 0. The third-order valence-corrected chi connectivity index (χ3v) is 4.89.